The number of nitriles is 1. The Morgan fingerprint density at radius 3 is 2.91 bits per heavy atom. The van der Waals surface area contributed by atoms with Gasteiger partial charge in [-0.3, -0.25) is 4.79 Å². The quantitative estimate of drug-likeness (QED) is 0.597. The van der Waals surface area contributed by atoms with Crippen molar-refractivity contribution in [1.82, 2.24) is 0 Å². The predicted octanol–water partition coefficient (Wildman–Crippen LogP) is 1.75. The fourth-order valence-electron chi connectivity index (χ4n) is 0.953. The summed E-state index contributed by atoms with van der Waals surface area (Å²) >= 11 is 0. The molecule has 1 rings (SSSR count). The maximum absolute atomic E-state index is 10.7. The molecule has 0 unspecified atom stereocenters. The summed E-state index contributed by atoms with van der Waals surface area (Å²) in [5.74, 6) is 0.144. The van der Waals surface area contributed by atoms with Crippen LogP contribution in [-0.4, -0.2) is 5.78 Å². The van der Waals surface area contributed by atoms with E-state index in [0.717, 1.165) is 12.0 Å². The van der Waals surface area contributed by atoms with Crippen molar-refractivity contribution in [1.29, 1.82) is 5.26 Å². The fourth-order valence-corrected chi connectivity index (χ4v) is 0.953. The van der Waals surface area contributed by atoms with Crippen molar-refractivity contribution in [3.8, 4) is 6.07 Å². The zero-order valence-electron chi connectivity index (χ0n) is 6.21. The highest BCUT2D eigenvalue weighted by Gasteiger charge is 2.01. The molecule has 0 saturated heterocycles. The molecule has 0 radical (unpaired) electrons. The largest absolute Gasteiger partial charge is 0.295 e. The van der Waals surface area contributed by atoms with Crippen LogP contribution >= 0.6 is 0 Å². The molecule has 0 N–H and O–H groups in total. The lowest BCUT2D eigenvalue weighted by Crippen LogP contribution is -1.96. The molecule has 0 aromatic carbocycles. The normalized spacial score (nSPS) is 15.9. The van der Waals surface area contributed by atoms with Crippen LogP contribution in [0.3, 0.4) is 0 Å². The van der Waals surface area contributed by atoms with E-state index >= 15 is 0 Å². The second-order valence-corrected chi connectivity index (χ2v) is 2.44. The van der Waals surface area contributed by atoms with E-state index in [4.69, 9.17) is 5.26 Å². The van der Waals surface area contributed by atoms with Gasteiger partial charge in [-0.2, -0.15) is 5.26 Å². The summed E-state index contributed by atoms with van der Waals surface area (Å²) in [5.41, 5.74) is 1.10. The molecule has 0 aromatic heterocycles. The van der Waals surface area contributed by atoms with Gasteiger partial charge in [0.15, 0.2) is 5.78 Å². The number of hydrogen-bond acceptors (Lipinski definition) is 2. The molecule has 0 spiro atoms. The molecule has 0 bridgehead atoms. The van der Waals surface area contributed by atoms with Crippen LogP contribution in [-0.2, 0) is 4.79 Å². The summed E-state index contributed by atoms with van der Waals surface area (Å²) in [6, 6.07) is 2.07. The third kappa shape index (κ3) is 2.38. The first-order chi connectivity index (χ1) is 5.33. The summed E-state index contributed by atoms with van der Waals surface area (Å²) in [5, 5.41) is 8.28. The third-order valence-electron chi connectivity index (χ3n) is 1.57. The van der Waals surface area contributed by atoms with Gasteiger partial charge in [0.05, 0.1) is 6.07 Å². The molecule has 0 aliphatic heterocycles. The van der Waals surface area contributed by atoms with Crippen LogP contribution < -0.4 is 0 Å². The van der Waals surface area contributed by atoms with Gasteiger partial charge in [-0.05, 0) is 12.5 Å². The molecule has 0 saturated carbocycles. The van der Waals surface area contributed by atoms with Gasteiger partial charge >= 0.3 is 0 Å². The van der Waals surface area contributed by atoms with E-state index < -0.39 is 0 Å². The van der Waals surface area contributed by atoms with E-state index in [2.05, 4.69) is 6.07 Å². The summed E-state index contributed by atoms with van der Waals surface area (Å²) in [6.45, 7) is 0. The Morgan fingerprint density at radius 1 is 1.55 bits per heavy atom. The standard InChI is InChI=1S/C9H9NO/c10-7-1-2-8-3-5-9(11)6-4-8/h3-5H,1-2,6H2. The lowest BCUT2D eigenvalue weighted by atomic mass is 10.0. The van der Waals surface area contributed by atoms with Crippen molar-refractivity contribution in [3.05, 3.63) is 23.8 Å². The van der Waals surface area contributed by atoms with Crippen molar-refractivity contribution in [2.45, 2.75) is 19.3 Å². The molecule has 2 heteroatoms. The minimum Gasteiger partial charge on any atom is -0.295 e. The number of allylic oxidation sites excluding steroid dienone is 4. The number of ketones is 1. The van der Waals surface area contributed by atoms with Crippen LogP contribution in [0.5, 0.6) is 0 Å². The van der Waals surface area contributed by atoms with Gasteiger partial charge in [0.1, 0.15) is 0 Å². The molecule has 0 aromatic rings. The zero-order valence-corrected chi connectivity index (χ0v) is 6.21. The maximum atomic E-state index is 10.7. The van der Waals surface area contributed by atoms with Crippen molar-refractivity contribution < 1.29 is 4.79 Å². The molecular weight excluding hydrogens is 138 g/mol. The summed E-state index contributed by atoms with van der Waals surface area (Å²) in [4.78, 5) is 10.7. The second-order valence-electron chi connectivity index (χ2n) is 2.44. The number of nitrogens with zero attached hydrogens (tertiary/aromatic N) is 1. The summed E-state index contributed by atoms with van der Waals surface area (Å²) < 4.78 is 0. The Bertz CT molecular complexity index is 255. The highest BCUT2D eigenvalue weighted by molar-refractivity contribution is 5.92. The van der Waals surface area contributed by atoms with Gasteiger partial charge < -0.3 is 0 Å². The Hall–Kier alpha value is -1.36. The molecule has 1 aliphatic rings. The van der Waals surface area contributed by atoms with Crippen LogP contribution in [0.4, 0.5) is 0 Å². The molecule has 0 fully saturated rings. The first-order valence-electron chi connectivity index (χ1n) is 3.60. The van der Waals surface area contributed by atoms with Gasteiger partial charge in [-0.1, -0.05) is 17.7 Å². The Labute approximate surface area is 65.8 Å². The minimum absolute atomic E-state index is 0.144. The first kappa shape index (κ1) is 7.74. The van der Waals surface area contributed by atoms with Crippen molar-refractivity contribution in [2.24, 2.45) is 0 Å². The fraction of sp³-hybridized carbons (Fsp3) is 0.333. The Kier molecular flexibility index (Phi) is 2.62. The van der Waals surface area contributed by atoms with E-state index in [1.807, 2.05) is 6.08 Å². The lowest BCUT2D eigenvalue weighted by molar-refractivity contribution is -0.113. The van der Waals surface area contributed by atoms with E-state index in [1.165, 1.54) is 0 Å². The van der Waals surface area contributed by atoms with Crippen LogP contribution in [0, 0.1) is 11.3 Å². The molecule has 0 atom stereocenters. The minimum atomic E-state index is 0.144. The lowest BCUT2D eigenvalue weighted by Gasteiger charge is -2.02. The molecule has 11 heavy (non-hydrogen) atoms. The van der Waals surface area contributed by atoms with E-state index in [-0.39, 0.29) is 5.78 Å². The van der Waals surface area contributed by atoms with Gasteiger partial charge in [-0.15, -0.1) is 0 Å². The molecular formula is C9H9NO. The van der Waals surface area contributed by atoms with Crippen LogP contribution in [0.15, 0.2) is 23.8 Å². The van der Waals surface area contributed by atoms with Crippen molar-refractivity contribution in [2.75, 3.05) is 0 Å². The summed E-state index contributed by atoms with van der Waals surface area (Å²) in [6.07, 6.45) is 7.05. The van der Waals surface area contributed by atoms with Gasteiger partial charge in [0, 0.05) is 12.8 Å². The van der Waals surface area contributed by atoms with Crippen LogP contribution in [0.2, 0.25) is 0 Å². The van der Waals surface area contributed by atoms with Crippen molar-refractivity contribution >= 4 is 5.78 Å². The van der Waals surface area contributed by atoms with Crippen LogP contribution in [0.25, 0.3) is 0 Å². The molecule has 1 aliphatic carbocycles. The topological polar surface area (TPSA) is 40.9 Å². The average molecular weight is 147 g/mol. The number of rotatable bonds is 2. The maximum Gasteiger partial charge on any atom is 0.159 e. The number of carbonyl (C=O) groups excluding carboxylic acids is 1. The second kappa shape index (κ2) is 3.72. The van der Waals surface area contributed by atoms with Gasteiger partial charge in [-0.25, -0.2) is 0 Å². The third-order valence-corrected chi connectivity index (χ3v) is 1.57. The molecule has 0 heterocycles. The van der Waals surface area contributed by atoms with Gasteiger partial charge in [0.2, 0.25) is 0 Å². The number of carbonyl (C=O) groups is 1. The molecule has 2 nitrogen and oxygen atoms in total. The monoisotopic (exact) mass is 147 g/mol. The average Bonchev–Trinajstić information content (AvgIpc) is 2.04. The van der Waals surface area contributed by atoms with Crippen molar-refractivity contribution in [3.63, 3.8) is 0 Å². The number of hydrogen-bond donors (Lipinski definition) is 0. The SMILES string of the molecule is N#CCCC1=CCC(=O)C=C1. The smallest absolute Gasteiger partial charge is 0.159 e. The molecule has 56 valence electrons. The highest BCUT2D eigenvalue weighted by Crippen LogP contribution is 2.12. The predicted molar refractivity (Wildman–Crippen MR) is 41.7 cm³/mol. The zero-order chi connectivity index (χ0) is 8.10. The van der Waals surface area contributed by atoms with Gasteiger partial charge in [0.25, 0.3) is 0 Å². The summed E-state index contributed by atoms with van der Waals surface area (Å²) in [7, 11) is 0. The van der Waals surface area contributed by atoms with Crippen LogP contribution in [0.1, 0.15) is 19.3 Å². The highest BCUT2D eigenvalue weighted by atomic mass is 16.1. The Balaban J connectivity index is 2.45. The molecule has 0 amide bonds. The Morgan fingerprint density at radius 2 is 2.36 bits per heavy atom. The van der Waals surface area contributed by atoms with E-state index in [9.17, 15) is 4.79 Å². The van der Waals surface area contributed by atoms with E-state index in [1.54, 1.807) is 12.2 Å². The van der Waals surface area contributed by atoms with E-state index in [0.29, 0.717) is 12.8 Å². The first-order valence-corrected chi connectivity index (χ1v) is 3.60.